The number of alkyl halides is 2. The Morgan fingerprint density at radius 3 is 2.21 bits per heavy atom. The normalized spacial score (nSPS) is 42.6. The Labute approximate surface area is 178 Å². The SMILES string of the molecule is NCC1CCC(NC(=S)C23CC4CC(c5ccccc5)(CC(C2)C4(F)F)C3)CC1. The van der Waals surface area contributed by atoms with E-state index in [1.807, 2.05) is 18.2 Å². The van der Waals surface area contributed by atoms with Crippen LogP contribution in [-0.2, 0) is 5.41 Å². The van der Waals surface area contributed by atoms with Crippen molar-refractivity contribution in [3.05, 3.63) is 35.9 Å². The second-order valence-electron chi connectivity index (χ2n) is 10.4. The number of hydrogen-bond donors (Lipinski definition) is 2. The quantitative estimate of drug-likeness (QED) is 0.660. The molecule has 2 nitrogen and oxygen atoms in total. The molecule has 0 spiro atoms. The summed E-state index contributed by atoms with van der Waals surface area (Å²) < 4.78 is 30.2. The Bertz CT molecular complexity index is 754. The summed E-state index contributed by atoms with van der Waals surface area (Å²) in [6.45, 7) is 0.763. The van der Waals surface area contributed by atoms with Crippen LogP contribution >= 0.6 is 12.2 Å². The Kier molecular flexibility index (Phi) is 4.78. The van der Waals surface area contributed by atoms with E-state index < -0.39 is 17.8 Å². The molecule has 5 aliphatic carbocycles. The minimum atomic E-state index is -2.54. The number of halogens is 2. The second-order valence-corrected chi connectivity index (χ2v) is 10.8. The average Bonchev–Trinajstić information content (AvgIpc) is 2.73. The molecule has 0 aromatic heterocycles. The lowest BCUT2D eigenvalue weighted by Crippen LogP contribution is -2.65. The van der Waals surface area contributed by atoms with Gasteiger partial charge >= 0.3 is 0 Å². The first-order valence-corrected chi connectivity index (χ1v) is 11.7. The van der Waals surface area contributed by atoms with Crippen molar-refractivity contribution >= 4 is 17.2 Å². The van der Waals surface area contributed by atoms with Crippen LogP contribution in [0, 0.1) is 23.2 Å². The van der Waals surface area contributed by atoms with E-state index in [-0.39, 0.29) is 10.8 Å². The molecule has 0 aliphatic heterocycles. The third-order valence-electron chi connectivity index (χ3n) is 8.70. The monoisotopic (exact) mass is 418 g/mol. The van der Waals surface area contributed by atoms with Gasteiger partial charge in [0.2, 0.25) is 0 Å². The van der Waals surface area contributed by atoms with E-state index in [9.17, 15) is 0 Å². The van der Waals surface area contributed by atoms with Crippen molar-refractivity contribution in [1.82, 2.24) is 5.32 Å². The van der Waals surface area contributed by atoms with Crippen molar-refractivity contribution in [3.8, 4) is 0 Å². The molecule has 1 aromatic carbocycles. The van der Waals surface area contributed by atoms with E-state index in [0.717, 1.165) is 43.6 Å². The zero-order valence-electron chi connectivity index (χ0n) is 17.0. The van der Waals surface area contributed by atoms with Gasteiger partial charge < -0.3 is 11.1 Å². The predicted molar refractivity (Wildman–Crippen MR) is 116 cm³/mol. The number of nitrogens with one attached hydrogen (secondary N) is 1. The van der Waals surface area contributed by atoms with Crippen LogP contribution in [0.25, 0.3) is 0 Å². The molecule has 5 heteroatoms. The Balaban J connectivity index is 1.41. The Hall–Kier alpha value is -1.07. The largest absolute Gasteiger partial charge is 0.376 e. The van der Waals surface area contributed by atoms with Gasteiger partial charge in [0.1, 0.15) is 0 Å². The fourth-order valence-electron chi connectivity index (χ4n) is 7.29. The zero-order chi connectivity index (χ0) is 20.3. The van der Waals surface area contributed by atoms with Gasteiger partial charge in [0.05, 0.1) is 4.99 Å². The van der Waals surface area contributed by atoms with Crippen molar-refractivity contribution < 1.29 is 8.78 Å². The number of benzene rings is 1. The molecule has 158 valence electrons. The summed E-state index contributed by atoms with van der Waals surface area (Å²) in [5, 5.41) is 3.66. The molecule has 0 saturated heterocycles. The van der Waals surface area contributed by atoms with Crippen LogP contribution in [0.5, 0.6) is 0 Å². The fourth-order valence-corrected chi connectivity index (χ4v) is 7.69. The highest BCUT2D eigenvalue weighted by molar-refractivity contribution is 7.80. The Morgan fingerprint density at radius 1 is 1.00 bits per heavy atom. The average molecular weight is 419 g/mol. The first kappa shape index (κ1) is 19.9. The summed E-state index contributed by atoms with van der Waals surface area (Å²) >= 11 is 5.98. The highest BCUT2D eigenvalue weighted by atomic mass is 32.1. The van der Waals surface area contributed by atoms with Crippen molar-refractivity contribution in [1.29, 1.82) is 0 Å². The molecule has 6 rings (SSSR count). The van der Waals surface area contributed by atoms with Crippen LogP contribution in [0.1, 0.15) is 63.4 Å². The molecular formula is C24H32F2N2S. The summed E-state index contributed by atoms with van der Waals surface area (Å²) in [4.78, 5) is 0.874. The number of rotatable bonds is 4. The van der Waals surface area contributed by atoms with Gasteiger partial charge in [0, 0.05) is 23.3 Å². The van der Waals surface area contributed by atoms with E-state index in [1.54, 1.807) is 0 Å². The van der Waals surface area contributed by atoms with Gasteiger partial charge in [-0.05, 0) is 81.2 Å². The molecular weight excluding hydrogens is 386 g/mol. The number of nitrogens with two attached hydrogens (primary N) is 1. The van der Waals surface area contributed by atoms with E-state index in [2.05, 4.69) is 17.4 Å². The molecule has 4 bridgehead atoms. The molecule has 3 N–H and O–H groups in total. The minimum absolute atomic E-state index is 0.141. The smallest absolute Gasteiger partial charge is 0.253 e. The van der Waals surface area contributed by atoms with Gasteiger partial charge in [0.15, 0.2) is 0 Å². The molecule has 0 amide bonds. The van der Waals surface area contributed by atoms with Crippen molar-refractivity contribution in [2.75, 3.05) is 6.54 Å². The lowest BCUT2D eigenvalue weighted by molar-refractivity contribution is -0.220. The number of hydrogen-bond acceptors (Lipinski definition) is 2. The van der Waals surface area contributed by atoms with Crippen LogP contribution in [0.15, 0.2) is 30.3 Å². The fraction of sp³-hybridized carbons (Fsp3) is 0.708. The molecule has 5 fully saturated rings. The maximum Gasteiger partial charge on any atom is 0.253 e. The first-order chi connectivity index (χ1) is 13.9. The third-order valence-corrected chi connectivity index (χ3v) is 9.25. The summed E-state index contributed by atoms with van der Waals surface area (Å²) in [5.41, 5.74) is 6.67. The molecule has 29 heavy (non-hydrogen) atoms. The second kappa shape index (κ2) is 6.98. The zero-order valence-corrected chi connectivity index (χ0v) is 17.8. The maximum absolute atomic E-state index is 15.1. The van der Waals surface area contributed by atoms with E-state index >= 15 is 8.78 Å². The van der Waals surface area contributed by atoms with Crippen LogP contribution < -0.4 is 11.1 Å². The van der Waals surface area contributed by atoms with Crippen molar-refractivity contribution in [3.63, 3.8) is 0 Å². The van der Waals surface area contributed by atoms with E-state index in [0.29, 0.717) is 37.6 Å². The highest BCUT2D eigenvalue weighted by Gasteiger charge is 2.69. The Morgan fingerprint density at radius 2 is 1.62 bits per heavy atom. The van der Waals surface area contributed by atoms with Crippen molar-refractivity contribution in [2.24, 2.45) is 28.9 Å². The van der Waals surface area contributed by atoms with Gasteiger partial charge in [-0.25, -0.2) is 8.78 Å². The van der Waals surface area contributed by atoms with Crippen molar-refractivity contribution in [2.45, 2.75) is 75.2 Å². The first-order valence-electron chi connectivity index (χ1n) is 11.3. The van der Waals surface area contributed by atoms with Crippen LogP contribution in [0.2, 0.25) is 0 Å². The summed E-state index contributed by atoms with van der Waals surface area (Å²) in [6.07, 6.45) is 7.69. The molecule has 0 radical (unpaired) electrons. The van der Waals surface area contributed by atoms with E-state index in [4.69, 9.17) is 18.0 Å². The van der Waals surface area contributed by atoms with Crippen LogP contribution in [0.4, 0.5) is 8.78 Å². The third kappa shape index (κ3) is 3.15. The summed E-state index contributed by atoms with van der Waals surface area (Å²) in [5.74, 6) is -3.01. The molecule has 5 saturated carbocycles. The summed E-state index contributed by atoms with van der Waals surface area (Å²) in [7, 11) is 0. The molecule has 2 atom stereocenters. The predicted octanol–water partition coefficient (Wildman–Crippen LogP) is 5.20. The van der Waals surface area contributed by atoms with Gasteiger partial charge in [-0.15, -0.1) is 0 Å². The number of thiocarbonyl (C=S) groups is 1. The van der Waals surface area contributed by atoms with Gasteiger partial charge in [0.25, 0.3) is 5.92 Å². The van der Waals surface area contributed by atoms with Crippen LogP contribution in [0.3, 0.4) is 0 Å². The maximum atomic E-state index is 15.1. The van der Waals surface area contributed by atoms with E-state index in [1.165, 1.54) is 5.56 Å². The molecule has 5 aliphatic rings. The topological polar surface area (TPSA) is 38.0 Å². The lowest BCUT2D eigenvalue weighted by atomic mass is 9.41. The van der Waals surface area contributed by atoms with Gasteiger partial charge in [-0.2, -0.15) is 0 Å². The summed E-state index contributed by atoms with van der Waals surface area (Å²) in [6, 6.07) is 10.8. The molecule has 1 aromatic rings. The highest BCUT2D eigenvalue weighted by Crippen LogP contribution is 2.70. The van der Waals surface area contributed by atoms with Gasteiger partial charge in [-0.1, -0.05) is 42.5 Å². The van der Waals surface area contributed by atoms with Crippen LogP contribution in [-0.4, -0.2) is 23.5 Å². The molecule has 2 unspecified atom stereocenters. The lowest BCUT2D eigenvalue weighted by Gasteiger charge is -2.64. The standard InChI is InChI=1S/C24H32F2N2S/c25-24(26)18-10-22(17-4-2-1-3-5-17)11-19(24)13-23(12-18,15-22)21(29)28-20-8-6-16(14-27)7-9-20/h1-5,16,18-20H,6-15,27H2,(H,28,29). The van der Waals surface area contributed by atoms with Gasteiger partial charge in [-0.3, -0.25) is 0 Å². The minimum Gasteiger partial charge on any atom is -0.376 e. The molecule has 0 heterocycles.